The van der Waals surface area contributed by atoms with Gasteiger partial charge in [0, 0.05) is 50.0 Å². The van der Waals surface area contributed by atoms with Gasteiger partial charge in [0.25, 0.3) is 5.56 Å². The van der Waals surface area contributed by atoms with Gasteiger partial charge in [0.15, 0.2) is 0 Å². The summed E-state index contributed by atoms with van der Waals surface area (Å²) in [7, 11) is 0. The van der Waals surface area contributed by atoms with Crippen molar-refractivity contribution < 1.29 is 4.79 Å². The summed E-state index contributed by atoms with van der Waals surface area (Å²) in [4.78, 5) is 39.5. The second kappa shape index (κ2) is 8.49. The normalized spacial score (nSPS) is 14.2. The van der Waals surface area contributed by atoms with E-state index in [0.717, 1.165) is 24.4 Å². The van der Waals surface area contributed by atoms with Crippen LogP contribution >= 0.6 is 11.6 Å². The van der Waals surface area contributed by atoms with Crippen molar-refractivity contribution in [2.75, 3.05) is 31.5 Å². The quantitative estimate of drug-likeness (QED) is 0.431. The summed E-state index contributed by atoms with van der Waals surface area (Å²) >= 11 is 6.24. The number of H-pyrrole nitrogens is 1. The molecule has 5 rings (SSSR count). The number of amides is 2. The first-order valence-corrected chi connectivity index (χ1v) is 11.2. The minimum Gasteiger partial charge on any atom is -0.322 e. The Morgan fingerprint density at radius 1 is 1.12 bits per heavy atom. The molecule has 10 heteroatoms. The molecule has 0 aliphatic carbocycles. The lowest BCUT2D eigenvalue weighted by atomic mass is 10.2. The maximum atomic E-state index is 12.8. The van der Waals surface area contributed by atoms with Gasteiger partial charge in [0.05, 0.1) is 16.8 Å². The molecule has 1 aromatic carbocycles. The number of aryl methyl sites for hydroxylation is 2. The molecule has 3 aromatic heterocycles. The molecule has 9 nitrogen and oxygen atoms in total. The number of fused-ring (bicyclic) bond motifs is 2. The number of halogens is 1. The number of anilines is 1. The van der Waals surface area contributed by atoms with Crippen LogP contribution in [-0.4, -0.2) is 56.5 Å². The fraction of sp³-hybridized carbons (Fsp3) is 0.304. The number of rotatable bonds is 3. The zero-order chi connectivity index (χ0) is 23.1. The van der Waals surface area contributed by atoms with Crippen molar-refractivity contribution in [3.63, 3.8) is 0 Å². The van der Waals surface area contributed by atoms with Crippen LogP contribution in [0.25, 0.3) is 16.6 Å². The number of hydrogen-bond donors (Lipinski definition) is 3. The molecule has 1 aliphatic rings. The molecule has 0 radical (unpaired) electrons. The van der Waals surface area contributed by atoms with Gasteiger partial charge in [-0.15, -0.1) is 0 Å². The Kier molecular flexibility index (Phi) is 5.51. The number of benzene rings is 1. The van der Waals surface area contributed by atoms with E-state index in [1.165, 1.54) is 11.1 Å². The molecule has 4 aromatic rings. The van der Waals surface area contributed by atoms with Gasteiger partial charge >= 0.3 is 6.03 Å². The predicted molar refractivity (Wildman–Crippen MR) is 128 cm³/mol. The van der Waals surface area contributed by atoms with Crippen LogP contribution in [0.3, 0.4) is 0 Å². The summed E-state index contributed by atoms with van der Waals surface area (Å²) in [5, 5.41) is 6.78. The van der Waals surface area contributed by atoms with E-state index >= 15 is 0 Å². The van der Waals surface area contributed by atoms with Crippen molar-refractivity contribution in [3.05, 3.63) is 68.6 Å². The highest BCUT2D eigenvalue weighted by Gasteiger charge is 2.19. The summed E-state index contributed by atoms with van der Waals surface area (Å²) in [5.74, 6) is 0.462. The maximum absolute atomic E-state index is 12.8. The average molecular weight is 466 g/mol. The molecule has 2 amide bonds. The number of aromatic amines is 1. The highest BCUT2D eigenvalue weighted by molar-refractivity contribution is 6.32. The van der Waals surface area contributed by atoms with Gasteiger partial charge in [0.1, 0.15) is 17.0 Å². The van der Waals surface area contributed by atoms with Crippen LogP contribution < -0.4 is 16.2 Å². The third kappa shape index (κ3) is 4.29. The van der Waals surface area contributed by atoms with E-state index in [4.69, 9.17) is 11.6 Å². The predicted octanol–water partition coefficient (Wildman–Crippen LogP) is 2.87. The first-order chi connectivity index (χ1) is 15.9. The van der Waals surface area contributed by atoms with E-state index in [-0.39, 0.29) is 11.6 Å². The highest BCUT2D eigenvalue weighted by Crippen LogP contribution is 2.25. The summed E-state index contributed by atoms with van der Waals surface area (Å²) < 4.78 is 1.97. The van der Waals surface area contributed by atoms with E-state index in [9.17, 15) is 9.59 Å². The molecule has 33 heavy (non-hydrogen) atoms. The zero-order valence-corrected chi connectivity index (χ0v) is 19.2. The third-order valence-corrected chi connectivity index (χ3v) is 6.15. The van der Waals surface area contributed by atoms with Gasteiger partial charge in [-0.2, -0.15) is 0 Å². The molecule has 0 unspecified atom stereocenters. The number of nitrogens with zero attached hydrogens (tertiary/aromatic N) is 4. The van der Waals surface area contributed by atoms with Crippen molar-refractivity contribution in [1.82, 2.24) is 29.6 Å². The fourth-order valence-electron chi connectivity index (χ4n) is 4.04. The van der Waals surface area contributed by atoms with Crippen LogP contribution in [0.1, 0.15) is 22.6 Å². The Morgan fingerprint density at radius 3 is 2.70 bits per heavy atom. The van der Waals surface area contributed by atoms with E-state index in [2.05, 4.69) is 32.5 Å². The number of urea groups is 1. The number of hydrogen-bond acceptors (Lipinski definition) is 5. The smallest absolute Gasteiger partial charge is 0.321 e. The van der Waals surface area contributed by atoms with Crippen LogP contribution in [0.15, 0.2) is 35.4 Å². The number of nitrogens with one attached hydrogen (secondary N) is 3. The number of pyridine rings is 1. The molecule has 0 atom stereocenters. The third-order valence-electron chi connectivity index (χ3n) is 5.93. The maximum Gasteiger partial charge on any atom is 0.321 e. The topological polar surface area (TPSA) is 107 Å². The van der Waals surface area contributed by atoms with Gasteiger partial charge in [0.2, 0.25) is 0 Å². The van der Waals surface area contributed by atoms with Crippen molar-refractivity contribution in [2.45, 2.75) is 20.3 Å². The number of carbonyl (C=O) groups is 1. The van der Waals surface area contributed by atoms with Crippen LogP contribution in [0.5, 0.6) is 0 Å². The Morgan fingerprint density at radius 2 is 1.91 bits per heavy atom. The van der Waals surface area contributed by atoms with Gasteiger partial charge in [-0.1, -0.05) is 11.6 Å². The van der Waals surface area contributed by atoms with Crippen LogP contribution in [-0.2, 0) is 6.42 Å². The van der Waals surface area contributed by atoms with E-state index in [1.807, 2.05) is 29.8 Å². The summed E-state index contributed by atoms with van der Waals surface area (Å²) in [6, 6.07) is 4.97. The minimum absolute atomic E-state index is 0.241. The van der Waals surface area contributed by atoms with Crippen molar-refractivity contribution in [1.29, 1.82) is 0 Å². The lowest BCUT2D eigenvalue weighted by molar-refractivity contribution is 0.204. The van der Waals surface area contributed by atoms with Crippen molar-refractivity contribution in [3.8, 4) is 0 Å². The monoisotopic (exact) mass is 465 g/mol. The molecule has 0 bridgehead atoms. The first-order valence-electron chi connectivity index (χ1n) is 10.8. The summed E-state index contributed by atoms with van der Waals surface area (Å²) in [5.41, 5.74) is 4.45. The van der Waals surface area contributed by atoms with Gasteiger partial charge in [-0.25, -0.2) is 14.8 Å². The number of aromatic nitrogens is 4. The van der Waals surface area contributed by atoms with E-state index in [1.54, 1.807) is 17.0 Å². The second-order valence-corrected chi connectivity index (χ2v) is 8.78. The average Bonchev–Trinajstić information content (AvgIpc) is 3.16. The summed E-state index contributed by atoms with van der Waals surface area (Å²) in [6.45, 7) is 6.80. The lowest BCUT2D eigenvalue weighted by Crippen LogP contribution is -2.48. The lowest BCUT2D eigenvalue weighted by Gasteiger charge is -2.27. The Labute approximate surface area is 194 Å². The van der Waals surface area contributed by atoms with Crippen LogP contribution in [0.2, 0.25) is 5.02 Å². The van der Waals surface area contributed by atoms with E-state index in [0.29, 0.717) is 46.9 Å². The Balaban J connectivity index is 1.50. The Bertz CT molecular complexity index is 1400. The van der Waals surface area contributed by atoms with Gasteiger partial charge in [-0.05, 0) is 43.2 Å². The SMILES string of the molecule is Cc1cc2nc(Cc3nc4c(NC(=O)N5CCNCC5)cc(Cl)cc4c(=O)[nH]3)cn2cc1C. The van der Waals surface area contributed by atoms with E-state index < -0.39 is 0 Å². The molecule has 1 saturated heterocycles. The molecular weight excluding hydrogens is 442 g/mol. The van der Waals surface area contributed by atoms with Gasteiger partial charge < -0.3 is 24.9 Å². The molecular formula is C23H24ClN7O2. The van der Waals surface area contributed by atoms with Crippen LogP contribution in [0, 0.1) is 13.8 Å². The minimum atomic E-state index is -0.314. The Hall–Kier alpha value is -3.43. The second-order valence-electron chi connectivity index (χ2n) is 8.34. The molecule has 1 aliphatic heterocycles. The summed E-state index contributed by atoms with van der Waals surface area (Å²) in [6.07, 6.45) is 4.31. The highest BCUT2D eigenvalue weighted by atomic mass is 35.5. The first kappa shape index (κ1) is 21.4. The largest absolute Gasteiger partial charge is 0.322 e. The molecule has 3 N–H and O–H groups in total. The standard InChI is InChI=1S/C23H24ClN7O2/c1-13-7-20-26-16(12-31(20)11-14(13)2)10-19-28-21-17(22(32)29-19)8-15(24)9-18(21)27-23(33)30-5-3-25-4-6-30/h7-9,11-12,25H,3-6,10H2,1-2H3,(H,27,33)(H,28,29,32). The number of carbonyl (C=O) groups excluding carboxylic acids is 1. The fourth-order valence-corrected chi connectivity index (χ4v) is 4.26. The van der Waals surface area contributed by atoms with Crippen LogP contribution in [0.4, 0.5) is 10.5 Å². The molecule has 0 saturated carbocycles. The molecule has 170 valence electrons. The van der Waals surface area contributed by atoms with Gasteiger partial charge in [-0.3, -0.25) is 4.79 Å². The molecule has 0 spiro atoms. The van der Waals surface area contributed by atoms with Crippen molar-refractivity contribution in [2.24, 2.45) is 0 Å². The molecule has 1 fully saturated rings. The number of piperazine rings is 1. The zero-order valence-electron chi connectivity index (χ0n) is 18.4. The number of imidazole rings is 1. The molecule has 4 heterocycles. The van der Waals surface area contributed by atoms with Crippen molar-refractivity contribution >= 4 is 39.9 Å².